The van der Waals surface area contributed by atoms with E-state index in [1.54, 1.807) is 12.2 Å². The molecule has 33 heavy (non-hydrogen) atoms. The fourth-order valence-electron chi connectivity index (χ4n) is 4.46. The number of allylic oxidation sites excluding steroid dienone is 3. The highest BCUT2D eigenvalue weighted by Gasteiger charge is 2.60. The van der Waals surface area contributed by atoms with Crippen molar-refractivity contribution in [3.05, 3.63) is 24.3 Å². The van der Waals surface area contributed by atoms with Gasteiger partial charge in [-0.05, 0) is 38.0 Å². The van der Waals surface area contributed by atoms with Crippen LogP contribution < -0.4 is 0 Å². The van der Waals surface area contributed by atoms with Crippen molar-refractivity contribution in [2.45, 2.75) is 77.7 Å². The van der Waals surface area contributed by atoms with E-state index < -0.39 is 41.1 Å². The van der Waals surface area contributed by atoms with Crippen LogP contribution >= 0.6 is 0 Å². The van der Waals surface area contributed by atoms with E-state index in [4.69, 9.17) is 0 Å². The summed E-state index contributed by atoms with van der Waals surface area (Å²) >= 11 is 0. The van der Waals surface area contributed by atoms with Crippen molar-refractivity contribution in [2.24, 2.45) is 23.2 Å². The van der Waals surface area contributed by atoms with E-state index in [9.17, 15) is 34.5 Å². The van der Waals surface area contributed by atoms with E-state index in [0.717, 1.165) is 25.7 Å². The molecule has 0 radical (unpaired) electrons. The molecule has 0 aromatic heterocycles. The van der Waals surface area contributed by atoms with Crippen molar-refractivity contribution < 1.29 is 39.2 Å². The normalized spacial score (nSPS) is 24.9. The first-order valence-corrected chi connectivity index (χ1v) is 11.7. The Morgan fingerprint density at radius 2 is 1.88 bits per heavy atom. The first kappa shape index (κ1) is 28.6. The number of ketones is 1. The lowest BCUT2D eigenvalue weighted by Crippen LogP contribution is -2.42. The van der Waals surface area contributed by atoms with Gasteiger partial charge in [-0.3, -0.25) is 19.2 Å². The van der Waals surface area contributed by atoms with Gasteiger partial charge >= 0.3 is 17.9 Å². The third-order valence-corrected chi connectivity index (χ3v) is 6.62. The Morgan fingerprint density at radius 3 is 2.42 bits per heavy atom. The lowest BCUT2D eigenvalue weighted by atomic mass is 9.73. The first-order chi connectivity index (χ1) is 15.6. The predicted octanol–water partition coefficient (Wildman–Crippen LogP) is 3.77. The second-order valence-electron chi connectivity index (χ2n) is 8.70. The molecule has 186 valence electrons. The number of ether oxygens (including phenoxy) is 1. The minimum Gasteiger partial charge on any atom is -0.481 e. The Morgan fingerprint density at radius 1 is 1.18 bits per heavy atom. The molecule has 0 bridgehead atoms. The number of hydrogen-bond donors (Lipinski definition) is 3. The number of aliphatic hydroxyl groups is 1. The summed E-state index contributed by atoms with van der Waals surface area (Å²) in [5.74, 6) is -6.08. The lowest BCUT2D eigenvalue weighted by molar-refractivity contribution is -0.156. The van der Waals surface area contributed by atoms with Crippen LogP contribution in [0, 0.1) is 23.2 Å². The summed E-state index contributed by atoms with van der Waals surface area (Å²) in [7, 11) is 1.30. The van der Waals surface area contributed by atoms with Gasteiger partial charge in [0.25, 0.3) is 0 Å². The maximum Gasteiger partial charge on any atom is 0.318 e. The average Bonchev–Trinajstić information content (AvgIpc) is 3.07. The second kappa shape index (κ2) is 13.9. The van der Waals surface area contributed by atoms with Crippen LogP contribution in [0.2, 0.25) is 0 Å². The summed E-state index contributed by atoms with van der Waals surface area (Å²) in [5, 5.41) is 30.1. The van der Waals surface area contributed by atoms with Crippen molar-refractivity contribution in [1.29, 1.82) is 0 Å². The molecule has 0 amide bonds. The van der Waals surface area contributed by atoms with Gasteiger partial charge in [-0.2, -0.15) is 0 Å². The molecule has 8 nitrogen and oxygen atoms in total. The average molecular weight is 467 g/mol. The van der Waals surface area contributed by atoms with Crippen molar-refractivity contribution >= 4 is 23.7 Å². The molecule has 0 heterocycles. The molecule has 0 aromatic carbocycles. The van der Waals surface area contributed by atoms with Gasteiger partial charge < -0.3 is 20.1 Å². The van der Waals surface area contributed by atoms with Gasteiger partial charge in [0.15, 0.2) is 5.78 Å². The van der Waals surface area contributed by atoms with E-state index in [0.29, 0.717) is 12.8 Å². The number of carbonyl (C=O) groups is 4. The van der Waals surface area contributed by atoms with Gasteiger partial charge in [0, 0.05) is 12.3 Å². The molecular weight excluding hydrogens is 428 g/mol. The van der Waals surface area contributed by atoms with E-state index in [1.807, 2.05) is 6.92 Å². The zero-order valence-corrected chi connectivity index (χ0v) is 19.9. The molecule has 1 aliphatic rings. The molecule has 5 atom stereocenters. The van der Waals surface area contributed by atoms with Crippen LogP contribution in [0.15, 0.2) is 24.3 Å². The number of rotatable bonds is 15. The lowest BCUT2D eigenvalue weighted by Gasteiger charge is -2.27. The van der Waals surface area contributed by atoms with Crippen molar-refractivity contribution in [2.75, 3.05) is 7.11 Å². The Hall–Kier alpha value is -2.48. The maximum atomic E-state index is 13.0. The predicted molar refractivity (Wildman–Crippen MR) is 122 cm³/mol. The van der Waals surface area contributed by atoms with E-state index >= 15 is 0 Å². The van der Waals surface area contributed by atoms with Crippen LogP contribution in [-0.2, 0) is 23.9 Å². The monoisotopic (exact) mass is 466 g/mol. The minimum absolute atomic E-state index is 0.0162. The van der Waals surface area contributed by atoms with E-state index in [-0.39, 0.29) is 31.1 Å². The molecule has 0 spiro atoms. The Kier molecular flexibility index (Phi) is 12.1. The minimum atomic E-state index is -1.90. The van der Waals surface area contributed by atoms with Gasteiger partial charge in [0.1, 0.15) is 11.3 Å². The molecule has 0 aliphatic heterocycles. The highest BCUT2D eigenvalue weighted by atomic mass is 16.5. The van der Waals surface area contributed by atoms with Gasteiger partial charge in [-0.25, -0.2) is 0 Å². The number of hydrogen-bond acceptors (Lipinski definition) is 6. The highest BCUT2D eigenvalue weighted by molar-refractivity contribution is 6.13. The van der Waals surface area contributed by atoms with Crippen LogP contribution in [0.5, 0.6) is 0 Å². The SMILES string of the molecule is CCCCC(CC)C(O)C=C[C@H]1C[C@H](C(=O)O)C(=O)C1(CC=CCCCC(=O)OC)C(=O)O. The molecular formula is C25H38O8. The summed E-state index contributed by atoms with van der Waals surface area (Å²) < 4.78 is 4.57. The molecule has 8 heteroatoms. The highest BCUT2D eigenvalue weighted by Crippen LogP contribution is 2.48. The van der Waals surface area contributed by atoms with Crippen LogP contribution in [0.25, 0.3) is 0 Å². The van der Waals surface area contributed by atoms with Crippen molar-refractivity contribution in [1.82, 2.24) is 0 Å². The summed E-state index contributed by atoms with van der Waals surface area (Å²) in [6.45, 7) is 4.04. The van der Waals surface area contributed by atoms with Gasteiger partial charge in [0.2, 0.25) is 0 Å². The number of aliphatic hydroxyl groups excluding tert-OH is 1. The molecule has 0 saturated heterocycles. The van der Waals surface area contributed by atoms with Crippen molar-refractivity contribution in [3.8, 4) is 0 Å². The number of Topliss-reactive ketones (excluding diaryl/α,β-unsaturated/α-hetero) is 1. The van der Waals surface area contributed by atoms with Crippen LogP contribution in [0.3, 0.4) is 0 Å². The van der Waals surface area contributed by atoms with E-state index in [1.165, 1.54) is 19.3 Å². The number of carboxylic acids is 2. The molecule has 0 aromatic rings. The third kappa shape index (κ3) is 7.52. The fourth-order valence-corrected chi connectivity index (χ4v) is 4.46. The van der Waals surface area contributed by atoms with Gasteiger partial charge in [-0.15, -0.1) is 0 Å². The standard InChI is InChI=1S/C25H38O8/c1-4-6-11-17(5-2)20(26)14-13-18-16-19(23(29)30)22(28)25(18,24(31)32)15-10-8-7-9-12-21(27)33-3/h8,10,13-14,17-20,26H,4-7,9,11-12,15-16H2,1-3H3,(H,29,30)(H,31,32)/t17?,18-,19-,20?,25?/m0/s1. The zero-order valence-electron chi connectivity index (χ0n) is 19.9. The Balaban J connectivity index is 3.08. The fraction of sp³-hybridized carbons (Fsp3) is 0.680. The second-order valence-corrected chi connectivity index (χ2v) is 8.70. The first-order valence-electron chi connectivity index (χ1n) is 11.7. The molecule has 1 aliphatic carbocycles. The number of carboxylic acid groups (broad SMARTS) is 2. The molecule has 1 fully saturated rings. The number of methoxy groups -OCH3 is 1. The zero-order chi connectivity index (χ0) is 25.0. The molecule has 3 unspecified atom stereocenters. The molecule has 3 N–H and O–H groups in total. The Bertz CT molecular complexity index is 741. The van der Waals surface area contributed by atoms with Crippen LogP contribution in [0.4, 0.5) is 0 Å². The number of esters is 1. The molecule has 1 rings (SSSR count). The van der Waals surface area contributed by atoms with Gasteiger partial charge in [0.05, 0.1) is 13.2 Å². The van der Waals surface area contributed by atoms with Crippen molar-refractivity contribution in [3.63, 3.8) is 0 Å². The number of aliphatic carboxylic acids is 2. The Labute approximate surface area is 195 Å². The van der Waals surface area contributed by atoms with Crippen LogP contribution in [0.1, 0.15) is 71.6 Å². The quantitative estimate of drug-likeness (QED) is 0.143. The third-order valence-electron chi connectivity index (χ3n) is 6.62. The summed E-state index contributed by atoms with van der Waals surface area (Å²) in [4.78, 5) is 48.1. The molecule has 1 saturated carbocycles. The van der Waals surface area contributed by atoms with Crippen LogP contribution in [-0.4, -0.2) is 52.2 Å². The largest absolute Gasteiger partial charge is 0.481 e. The summed E-state index contributed by atoms with van der Waals surface area (Å²) in [5.41, 5.74) is -1.90. The summed E-state index contributed by atoms with van der Waals surface area (Å²) in [6.07, 6.45) is 10.1. The van der Waals surface area contributed by atoms with Gasteiger partial charge in [-0.1, -0.05) is 57.4 Å². The maximum absolute atomic E-state index is 13.0. The number of carbonyl (C=O) groups excluding carboxylic acids is 2. The number of unbranched alkanes of at least 4 members (excludes halogenated alkanes) is 2. The summed E-state index contributed by atoms with van der Waals surface area (Å²) in [6, 6.07) is 0. The smallest absolute Gasteiger partial charge is 0.318 e. The topological polar surface area (TPSA) is 138 Å². The van der Waals surface area contributed by atoms with E-state index in [2.05, 4.69) is 11.7 Å².